The van der Waals surface area contributed by atoms with Crippen LogP contribution < -0.4 is 5.32 Å². The highest BCUT2D eigenvalue weighted by atomic mass is 79.9. The lowest BCUT2D eigenvalue weighted by molar-refractivity contribution is 0.261. The monoisotopic (exact) mass is 374 g/mol. The van der Waals surface area contributed by atoms with Gasteiger partial charge < -0.3 is 14.8 Å². The van der Waals surface area contributed by atoms with E-state index >= 15 is 0 Å². The number of pyridine rings is 2. The Morgan fingerprint density at radius 2 is 2.26 bits per heavy atom. The van der Waals surface area contributed by atoms with Crippen molar-refractivity contribution in [2.75, 3.05) is 13.2 Å². The molecule has 120 valence electrons. The fourth-order valence-electron chi connectivity index (χ4n) is 2.67. The highest BCUT2D eigenvalue weighted by Gasteiger charge is 2.11. The second-order valence-corrected chi connectivity index (χ2v) is 6.50. The smallest absolute Gasteiger partial charge is 0.139 e. The molecule has 1 unspecified atom stereocenters. The van der Waals surface area contributed by atoms with Crippen molar-refractivity contribution < 1.29 is 5.11 Å². The van der Waals surface area contributed by atoms with E-state index in [2.05, 4.69) is 48.6 Å². The Morgan fingerprint density at radius 1 is 1.39 bits per heavy atom. The van der Waals surface area contributed by atoms with Crippen LogP contribution in [0.3, 0.4) is 0 Å². The maximum Gasteiger partial charge on any atom is 0.139 e. The number of hydrogen-bond acceptors (Lipinski definition) is 4. The van der Waals surface area contributed by atoms with Crippen molar-refractivity contribution in [3.63, 3.8) is 0 Å². The first-order valence-electron chi connectivity index (χ1n) is 7.52. The summed E-state index contributed by atoms with van der Waals surface area (Å²) in [5.41, 5.74) is 4.23. The molecule has 0 saturated carbocycles. The largest absolute Gasteiger partial charge is 0.396 e. The first-order valence-corrected chi connectivity index (χ1v) is 8.32. The van der Waals surface area contributed by atoms with Crippen molar-refractivity contribution in [1.82, 2.24) is 19.7 Å². The predicted molar refractivity (Wildman–Crippen MR) is 93.4 cm³/mol. The molecule has 0 aliphatic rings. The van der Waals surface area contributed by atoms with Gasteiger partial charge in [-0.05, 0) is 46.1 Å². The molecule has 3 aromatic heterocycles. The van der Waals surface area contributed by atoms with Gasteiger partial charge in [-0.3, -0.25) is 4.98 Å². The van der Waals surface area contributed by atoms with E-state index < -0.39 is 0 Å². The summed E-state index contributed by atoms with van der Waals surface area (Å²) in [4.78, 5) is 8.59. The van der Waals surface area contributed by atoms with Crippen LogP contribution in [0.4, 0.5) is 0 Å². The average Bonchev–Trinajstić information content (AvgIpc) is 2.96. The number of aliphatic hydroxyl groups excluding tert-OH is 1. The van der Waals surface area contributed by atoms with Gasteiger partial charge in [-0.2, -0.15) is 0 Å². The third-order valence-electron chi connectivity index (χ3n) is 3.91. The number of hydrogen-bond donors (Lipinski definition) is 2. The number of imidazole rings is 1. The molecular weight excluding hydrogens is 356 g/mol. The van der Waals surface area contributed by atoms with E-state index in [-0.39, 0.29) is 12.5 Å². The Kier molecular flexibility index (Phi) is 5.05. The summed E-state index contributed by atoms with van der Waals surface area (Å²) in [7, 11) is 0. The molecule has 6 heteroatoms. The van der Waals surface area contributed by atoms with Crippen molar-refractivity contribution in [1.29, 1.82) is 0 Å². The molecule has 0 saturated heterocycles. The van der Waals surface area contributed by atoms with Crippen LogP contribution in [0.5, 0.6) is 0 Å². The Hall–Kier alpha value is -1.76. The van der Waals surface area contributed by atoms with E-state index in [1.54, 1.807) is 12.4 Å². The van der Waals surface area contributed by atoms with E-state index in [4.69, 9.17) is 0 Å². The number of nitrogens with one attached hydrogen (secondary N) is 1. The normalized spacial score (nSPS) is 12.7. The lowest BCUT2D eigenvalue weighted by Crippen LogP contribution is -2.24. The third kappa shape index (κ3) is 3.60. The molecule has 0 aliphatic carbocycles. The van der Waals surface area contributed by atoms with E-state index in [0.29, 0.717) is 13.1 Å². The number of nitrogens with zero attached hydrogens (tertiary/aromatic N) is 3. The molecule has 0 aromatic carbocycles. The van der Waals surface area contributed by atoms with E-state index in [1.165, 1.54) is 0 Å². The van der Waals surface area contributed by atoms with Gasteiger partial charge in [-0.15, -0.1) is 0 Å². The van der Waals surface area contributed by atoms with Crippen LogP contribution in [-0.2, 0) is 6.54 Å². The summed E-state index contributed by atoms with van der Waals surface area (Å²) in [6.07, 6.45) is 7.46. The van der Waals surface area contributed by atoms with Gasteiger partial charge in [0.2, 0.25) is 0 Å². The van der Waals surface area contributed by atoms with Crippen molar-refractivity contribution in [3.05, 3.63) is 64.3 Å². The van der Waals surface area contributed by atoms with Gasteiger partial charge >= 0.3 is 0 Å². The zero-order valence-electron chi connectivity index (χ0n) is 12.9. The topological polar surface area (TPSA) is 62.5 Å². The fourth-order valence-corrected chi connectivity index (χ4v) is 3.22. The van der Waals surface area contributed by atoms with Gasteiger partial charge in [-0.1, -0.05) is 6.07 Å². The molecule has 5 nitrogen and oxygen atoms in total. The zero-order valence-corrected chi connectivity index (χ0v) is 14.5. The Bertz CT molecular complexity index is 788. The second-order valence-electron chi connectivity index (χ2n) is 5.58. The van der Waals surface area contributed by atoms with Crippen LogP contribution >= 0.6 is 15.9 Å². The second kappa shape index (κ2) is 7.21. The van der Waals surface area contributed by atoms with Crippen LogP contribution in [-0.4, -0.2) is 32.6 Å². The lowest BCUT2D eigenvalue weighted by Gasteiger charge is -2.15. The predicted octanol–water partition coefficient (Wildman–Crippen LogP) is 2.67. The molecular formula is C17H19BrN4O. The minimum absolute atomic E-state index is 0.0383. The SMILES string of the molecule is Cc1cc(Br)cn2c(CNCC(CO)c3cccnc3)cnc12. The minimum atomic E-state index is 0.0383. The number of fused-ring (bicyclic) bond motifs is 1. The molecule has 0 spiro atoms. The van der Waals surface area contributed by atoms with E-state index in [9.17, 15) is 5.11 Å². The third-order valence-corrected chi connectivity index (χ3v) is 4.34. The van der Waals surface area contributed by atoms with E-state index in [0.717, 1.165) is 26.9 Å². The Morgan fingerprint density at radius 3 is 3.00 bits per heavy atom. The molecule has 3 rings (SSSR count). The number of aliphatic hydroxyl groups is 1. The summed E-state index contributed by atoms with van der Waals surface area (Å²) in [5.74, 6) is 0.0383. The maximum absolute atomic E-state index is 9.59. The molecule has 0 radical (unpaired) electrons. The zero-order chi connectivity index (χ0) is 16.2. The average molecular weight is 375 g/mol. The molecule has 1 atom stereocenters. The number of halogens is 1. The van der Waals surface area contributed by atoms with Crippen LogP contribution in [0.1, 0.15) is 22.7 Å². The quantitative estimate of drug-likeness (QED) is 0.696. The molecule has 3 heterocycles. The molecule has 0 amide bonds. The van der Waals surface area contributed by atoms with Gasteiger partial charge in [0, 0.05) is 42.1 Å². The highest BCUT2D eigenvalue weighted by Crippen LogP contribution is 2.18. The summed E-state index contributed by atoms with van der Waals surface area (Å²) in [5, 5.41) is 13.0. The Labute approximate surface area is 143 Å². The highest BCUT2D eigenvalue weighted by molar-refractivity contribution is 9.10. The fraction of sp³-hybridized carbons (Fsp3) is 0.294. The molecule has 23 heavy (non-hydrogen) atoms. The molecule has 0 aliphatic heterocycles. The summed E-state index contributed by atoms with van der Waals surface area (Å²) in [6, 6.07) is 5.94. The van der Waals surface area contributed by atoms with Crippen LogP contribution in [0.25, 0.3) is 5.65 Å². The molecule has 0 fully saturated rings. The van der Waals surface area contributed by atoms with Crippen molar-refractivity contribution in [2.24, 2.45) is 0 Å². The van der Waals surface area contributed by atoms with Crippen molar-refractivity contribution >= 4 is 21.6 Å². The summed E-state index contributed by atoms with van der Waals surface area (Å²) < 4.78 is 3.12. The van der Waals surface area contributed by atoms with E-state index in [1.807, 2.05) is 24.5 Å². The van der Waals surface area contributed by atoms with Crippen LogP contribution in [0.2, 0.25) is 0 Å². The summed E-state index contributed by atoms with van der Waals surface area (Å²) in [6.45, 7) is 3.52. The van der Waals surface area contributed by atoms with Gasteiger partial charge in [0.05, 0.1) is 18.5 Å². The number of aromatic nitrogens is 3. The van der Waals surface area contributed by atoms with Gasteiger partial charge in [-0.25, -0.2) is 4.98 Å². The van der Waals surface area contributed by atoms with Gasteiger partial charge in [0.1, 0.15) is 5.65 Å². The molecule has 2 N–H and O–H groups in total. The van der Waals surface area contributed by atoms with Crippen LogP contribution in [0.15, 0.2) is 47.5 Å². The van der Waals surface area contributed by atoms with Crippen LogP contribution in [0, 0.1) is 6.92 Å². The van der Waals surface area contributed by atoms with Gasteiger partial charge in [0.15, 0.2) is 0 Å². The Balaban J connectivity index is 1.69. The minimum Gasteiger partial charge on any atom is -0.396 e. The van der Waals surface area contributed by atoms with Crippen molar-refractivity contribution in [2.45, 2.75) is 19.4 Å². The number of aryl methyl sites for hydroxylation is 1. The lowest BCUT2D eigenvalue weighted by atomic mass is 10.0. The standard InChI is InChI=1S/C17H19BrN4O/c1-12-5-15(18)10-22-16(9-21-17(12)22)8-20-7-14(11-23)13-3-2-4-19-6-13/h2-6,9-10,14,20,23H,7-8,11H2,1H3. The summed E-state index contributed by atoms with van der Waals surface area (Å²) >= 11 is 3.53. The maximum atomic E-state index is 9.59. The first kappa shape index (κ1) is 16.1. The molecule has 0 bridgehead atoms. The first-order chi connectivity index (χ1) is 11.2. The van der Waals surface area contributed by atoms with Gasteiger partial charge in [0.25, 0.3) is 0 Å². The number of rotatable bonds is 6. The molecule has 3 aromatic rings. The van der Waals surface area contributed by atoms with Crippen molar-refractivity contribution in [3.8, 4) is 0 Å².